The molecule has 0 spiro atoms. The predicted molar refractivity (Wildman–Crippen MR) is 148 cm³/mol. The molecule has 40 heavy (non-hydrogen) atoms. The van der Waals surface area contributed by atoms with Crippen LogP contribution in [0.5, 0.6) is 28.7 Å². The zero-order valence-corrected chi connectivity index (χ0v) is 22.7. The van der Waals surface area contributed by atoms with Crippen molar-refractivity contribution in [2.24, 2.45) is 0 Å². The molecule has 3 aliphatic rings. The van der Waals surface area contributed by atoms with E-state index in [-0.39, 0.29) is 30.7 Å². The molecule has 0 bridgehead atoms. The third-order valence-electron chi connectivity index (χ3n) is 8.34. The van der Waals surface area contributed by atoms with E-state index in [1.165, 1.54) is 14.2 Å². The van der Waals surface area contributed by atoms with Gasteiger partial charge in [-0.15, -0.1) is 0 Å². The van der Waals surface area contributed by atoms with Crippen LogP contribution in [0.25, 0.3) is 22.0 Å². The maximum absolute atomic E-state index is 14.5. The Kier molecular flexibility index (Phi) is 5.54. The molecule has 2 aliphatic heterocycles. The van der Waals surface area contributed by atoms with Gasteiger partial charge >= 0.3 is 0 Å². The molecule has 204 valence electrons. The number of nitrogens with zero attached hydrogens (tertiary/aromatic N) is 2. The first kappa shape index (κ1) is 24.5. The number of pyridine rings is 1. The van der Waals surface area contributed by atoms with E-state index in [1.54, 1.807) is 23.8 Å². The second-order valence-corrected chi connectivity index (χ2v) is 10.2. The largest absolute Gasteiger partial charge is 0.493 e. The average molecular weight is 541 g/mol. The lowest BCUT2D eigenvalue weighted by Crippen LogP contribution is -2.38. The van der Waals surface area contributed by atoms with Gasteiger partial charge in [-0.1, -0.05) is 24.3 Å². The summed E-state index contributed by atoms with van der Waals surface area (Å²) >= 11 is 0. The van der Waals surface area contributed by atoms with Gasteiger partial charge in [0.05, 0.1) is 44.0 Å². The summed E-state index contributed by atoms with van der Waals surface area (Å²) < 4.78 is 30.3. The number of carbonyl (C=O) groups excluding carboxylic acids is 1. The Bertz CT molecular complexity index is 1790. The van der Waals surface area contributed by atoms with Crippen LogP contribution < -0.4 is 29.2 Å². The number of carbonyl (C=O) groups is 1. The van der Waals surface area contributed by atoms with Crippen molar-refractivity contribution in [3.8, 4) is 40.0 Å². The number of benzene rings is 3. The fourth-order valence-electron chi connectivity index (χ4n) is 6.48. The van der Waals surface area contributed by atoms with E-state index in [0.29, 0.717) is 56.3 Å². The molecule has 0 amide bonds. The number of rotatable bonds is 5. The Morgan fingerprint density at radius 2 is 1.73 bits per heavy atom. The number of ketones is 1. The van der Waals surface area contributed by atoms with E-state index in [0.717, 1.165) is 29.7 Å². The second kappa shape index (κ2) is 9.02. The van der Waals surface area contributed by atoms with Crippen molar-refractivity contribution in [1.29, 1.82) is 0 Å². The molecule has 0 N–H and O–H groups in total. The lowest BCUT2D eigenvalue weighted by molar-refractivity contribution is 0.104. The molecule has 0 unspecified atom stereocenters. The van der Waals surface area contributed by atoms with E-state index in [9.17, 15) is 9.59 Å². The minimum Gasteiger partial charge on any atom is -0.493 e. The van der Waals surface area contributed by atoms with Crippen LogP contribution in [0.15, 0.2) is 47.3 Å². The standard InChI is InChI=1S/C31H28N2O7/c1-32-12-11-16-13-22-29(40-15-39-22)30(38-4)23(16)20(32)14-33-26-17-7-5-6-8-18(17)27(34)24(26)19-9-10-21(36-2)28(37-3)25(19)31(33)35/h5-10,13,20H,11-12,14-15H2,1-4H3/t20-/m1/s1. The van der Waals surface area contributed by atoms with Gasteiger partial charge in [-0.05, 0) is 37.2 Å². The van der Waals surface area contributed by atoms with E-state index in [4.69, 9.17) is 23.7 Å². The third-order valence-corrected chi connectivity index (χ3v) is 8.34. The fourth-order valence-corrected chi connectivity index (χ4v) is 6.48. The fraction of sp³-hybridized carbons (Fsp3) is 0.290. The van der Waals surface area contributed by atoms with Crippen LogP contribution in [0.1, 0.15) is 33.1 Å². The molecule has 7 rings (SSSR count). The van der Waals surface area contributed by atoms with Gasteiger partial charge in [-0.3, -0.25) is 14.5 Å². The SMILES string of the molecule is COc1ccc2c3c(n(C[C@@H]4c5c(cc6c(c5OC)OCO6)CCN4C)c(=O)c2c1OC)-c1ccccc1C3=O. The van der Waals surface area contributed by atoms with E-state index < -0.39 is 0 Å². The molecular formula is C31H28N2O7. The molecule has 1 aromatic heterocycles. The highest BCUT2D eigenvalue weighted by Crippen LogP contribution is 2.50. The van der Waals surface area contributed by atoms with Crippen molar-refractivity contribution in [3.05, 3.63) is 75.1 Å². The monoisotopic (exact) mass is 540 g/mol. The molecular weight excluding hydrogens is 512 g/mol. The quantitative estimate of drug-likeness (QED) is 0.328. The molecule has 0 saturated heterocycles. The normalized spacial score (nSPS) is 17.0. The second-order valence-electron chi connectivity index (χ2n) is 10.2. The molecule has 0 saturated carbocycles. The van der Waals surface area contributed by atoms with Gasteiger partial charge in [0, 0.05) is 35.2 Å². The first-order valence-electron chi connectivity index (χ1n) is 13.1. The number of ether oxygens (including phenoxy) is 5. The molecule has 0 radical (unpaired) electrons. The van der Waals surface area contributed by atoms with Gasteiger partial charge in [0.15, 0.2) is 28.8 Å². The van der Waals surface area contributed by atoms with Gasteiger partial charge < -0.3 is 28.3 Å². The summed E-state index contributed by atoms with van der Waals surface area (Å²) in [5.41, 5.74) is 4.22. The third kappa shape index (κ3) is 3.24. The number of hydrogen-bond acceptors (Lipinski definition) is 8. The molecule has 3 heterocycles. The Labute approximate surface area is 230 Å². The zero-order valence-electron chi connectivity index (χ0n) is 22.7. The lowest BCUT2D eigenvalue weighted by atomic mass is 9.90. The number of hydrogen-bond donors (Lipinski definition) is 0. The van der Waals surface area contributed by atoms with Crippen molar-refractivity contribution in [2.45, 2.75) is 19.0 Å². The summed E-state index contributed by atoms with van der Waals surface area (Å²) in [5.74, 6) is 2.47. The average Bonchev–Trinajstić information content (AvgIpc) is 3.56. The van der Waals surface area contributed by atoms with Crippen LogP contribution in [-0.4, -0.2) is 57.0 Å². The summed E-state index contributed by atoms with van der Waals surface area (Å²) in [6.45, 7) is 1.18. The Morgan fingerprint density at radius 3 is 2.48 bits per heavy atom. The zero-order chi connectivity index (χ0) is 27.7. The topological polar surface area (TPSA) is 88.5 Å². The van der Waals surface area contributed by atoms with E-state index in [1.807, 2.05) is 37.4 Å². The van der Waals surface area contributed by atoms with Crippen molar-refractivity contribution in [3.63, 3.8) is 0 Å². The molecule has 3 aromatic carbocycles. The summed E-state index contributed by atoms with van der Waals surface area (Å²) in [7, 11) is 6.69. The molecule has 9 heteroatoms. The predicted octanol–water partition coefficient (Wildman–Crippen LogP) is 4.20. The first-order chi connectivity index (χ1) is 19.5. The number of fused-ring (bicyclic) bond motifs is 7. The minimum absolute atomic E-state index is 0.116. The van der Waals surface area contributed by atoms with Crippen LogP contribution >= 0.6 is 0 Å². The number of likely N-dealkylation sites (N-methyl/N-ethyl adjacent to an activating group) is 1. The van der Waals surface area contributed by atoms with Gasteiger partial charge in [0.2, 0.25) is 12.5 Å². The highest BCUT2D eigenvalue weighted by atomic mass is 16.7. The van der Waals surface area contributed by atoms with Crippen LogP contribution in [0.3, 0.4) is 0 Å². The maximum Gasteiger partial charge on any atom is 0.262 e. The number of aromatic nitrogens is 1. The van der Waals surface area contributed by atoms with Crippen LogP contribution in [0.4, 0.5) is 0 Å². The van der Waals surface area contributed by atoms with Gasteiger partial charge in [-0.2, -0.15) is 0 Å². The summed E-state index contributed by atoms with van der Waals surface area (Å²) in [6.07, 6.45) is 0.798. The van der Waals surface area contributed by atoms with Crippen molar-refractivity contribution in [2.75, 3.05) is 41.7 Å². The smallest absolute Gasteiger partial charge is 0.262 e. The Hall–Kier alpha value is -4.50. The highest BCUT2D eigenvalue weighted by Gasteiger charge is 2.38. The van der Waals surface area contributed by atoms with Crippen molar-refractivity contribution < 1.29 is 28.5 Å². The van der Waals surface area contributed by atoms with Crippen LogP contribution in [0.2, 0.25) is 0 Å². The summed E-state index contributed by atoms with van der Waals surface area (Å²) in [5, 5.41) is 0.867. The lowest BCUT2D eigenvalue weighted by Gasteiger charge is -2.36. The van der Waals surface area contributed by atoms with Crippen LogP contribution in [0, 0.1) is 0 Å². The summed E-state index contributed by atoms with van der Waals surface area (Å²) in [4.78, 5) is 30.6. The molecule has 4 aromatic rings. The Morgan fingerprint density at radius 1 is 0.950 bits per heavy atom. The molecule has 1 aliphatic carbocycles. The molecule has 9 nitrogen and oxygen atoms in total. The van der Waals surface area contributed by atoms with Crippen LogP contribution in [-0.2, 0) is 13.0 Å². The van der Waals surface area contributed by atoms with Gasteiger partial charge in [0.25, 0.3) is 5.56 Å². The highest BCUT2D eigenvalue weighted by molar-refractivity contribution is 6.27. The minimum atomic E-state index is -0.255. The van der Waals surface area contributed by atoms with E-state index >= 15 is 0 Å². The Balaban J connectivity index is 1.53. The van der Waals surface area contributed by atoms with Crippen molar-refractivity contribution in [1.82, 2.24) is 9.47 Å². The first-order valence-corrected chi connectivity index (χ1v) is 13.1. The van der Waals surface area contributed by atoms with E-state index in [2.05, 4.69) is 4.90 Å². The summed E-state index contributed by atoms with van der Waals surface area (Å²) in [6, 6.07) is 12.7. The maximum atomic E-state index is 14.5. The molecule has 1 atom stereocenters. The molecule has 0 fully saturated rings. The number of methoxy groups -OCH3 is 3. The van der Waals surface area contributed by atoms with Crippen molar-refractivity contribution >= 4 is 16.6 Å². The van der Waals surface area contributed by atoms with Gasteiger partial charge in [0.1, 0.15) is 0 Å². The van der Waals surface area contributed by atoms with Gasteiger partial charge in [-0.25, -0.2) is 0 Å².